The number of carbonyl (C=O) groups excluding carboxylic acids is 1. The van der Waals surface area contributed by atoms with Crippen LogP contribution in [-0.4, -0.2) is 40.4 Å². The highest BCUT2D eigenvalue weighted by molar-refractivity contribution is 5.97. The van der Waals surface area contributed by atoms with Crippen molar-refractivity contribution in [1.29, 1.82) is 0 Å². The van der Waals surface area contributed by atoms with Gasteiger partial charge in [0.1, 0.15) is 0 Å². The zero-order valence-corrected chi connectivity index (χ0v) is 11.3. The van der Waals surface area contributed by atoms with E-state index in [1.54, 1.807) is 13.2 Å². The number of ether oxygens (including phenoxy) is 2. The third kappa shape index (κ3) is 3.13. The maximum atomic E-state index is 11.6. The second-order valence-corrected chi connectivity index (χ2v) is 4.13. The lowest BCUT2D eigenvalue weighted by Crippen LogP contribution is -2.22. The molecule has 0 fully saturated rings. The number of methoxy groups -OCH3 is 2. The summed E-state index contributed by atoms with van der Waals surface area (Å²) >= 11 is 0. The number of nitrogen functional groups attached to an aromatic ring is 1. The molecular weight excluding hydrogens is 232 g/mol. The Morgan fingerprint density at radius 1 is 1.39 bits per heavy atom. The summed E-state index contributed by atoms with van der Waals surface area (Å²) in [6.07, 6.45) is 0. The predicted octanol–water partition coefficient (Wildman–Crippen LogP) is 1.45. The van der Waals surface area contributed by atoms with Crippen LogP contribution in [0.2, 0.25) is 0 Å². The second-order valence-electron chi connectivity index (χ2n) is 4.13. The van der Waals surface area contributed by atoms with Gasteiger partial charge in [0.05, 0.1) is 19.3 Å². The average molecular weight is 252 g/mol. The molecule has 0 saturated heterocycles. The van der Waals surface area contributed by atoms with E-state index in [0.29, 0.717) is 17.9 Å². The van der Waals surface area contributed by atoms with Gasteiger partial charge >= 0.3 is 5.97 Å². The van der Waals surface area contributed by atoms with Gasteiger partial charge < -0.3 is 20.1 Å². The van der Waals surface area contributed by atoms with E-state index in [-0.39, 0.29) is 0 Å². The van der Waals surface area contributed by atoms with Crippen LogP contribution in [0.1, 0.15) is 15.9 Å². The number of anilines is 2. The van der Waals surface area contributed by atoms with Crippen molar-refractivity contribution < 1.29 is 14.3 Å². The summed E-state index contributed by atoms with van der Waals surface area (Å²) in [7, 11) is 4.94. The molecule has 100 valence electrons. The summed E-state index contributed by atoms with van der Waals surface area (Å²) in [4.78, 5) is 13.6. The van der Waals surface area contributed by atoms with Gasteiger partial charge in [-0.3, -0.25) is 0 Å². The highest BCUT2D eigenvalue weighted by Crippen LogP contribution is 2.25. The van der Waals surface area contributed by atoms with Crippen molar-refractivity contribution in [3.05, 3.63) is 23.3 Å². The summed E-state index contributed by atoms with van der Waals surface area (Å²) in [5.41, 5.74) is 8.52. The predicted molar refractivity (Wildman–Crippen MR) is 72.1 cm³/mol. The molecule has 0 bridgehead atoms. The molecule has 0 saturated carbocycles. The Balaban J connectivity index is 3.07. The minimum atomic E-state index is -0.419. The molecule has 0 radical (unpaired) electrons. The fourth-order valence-electron chi connectivity index (χ4n) is 1.64. The Labute approximate surface area is 107 Å². The van der Waals surface area contributed by atoms with E-state index in [0.717, 1.165) is 17.8 Å². The van der Waals surface area contributed by atoms with Crippen LogP contribution in [0.15, 0.2) is 12.1 Å². The van der Waals surface area contributed by atoms with E-state index in [9.17, 15) is 4.79 Å². The third-order valence-corrected chi connectivity index (χ3v) is 2.85. The van der Waals surface area contributed by atoms with Crippen molar-refractivity contribution in [1.82, 2.24) is 0 Å². The number of nitrogens with two attached hydrogens (primary N) is 1. The molecule has 1 aromatic carbocycles. The Morgan fingerprint density at radius 3 is 2.61 bits per heavy atom. The van der Waals surface area contributed by atoms with Gasteiger partial charge in [0, 0.05) is 32.1 Å². The lowest BCUT2D eigenvalue weighted by Gasteiger charge is -2.21. The van der Waals surface area contributed by atoms with Gasteiger partial charge in [0.2, 0.25) is 0 Å². The topological polar surface area (TPSA) is 64.8 Å². The van der Waals surface area contributed by atoms with Crippen molar-refractivity contribution in [2.24, 2.45) is 0 Å². The summed E-state index contributed by atoms with van der Waals surface area (Å²) < 4.78 is 9.75. The van der Waals surface area contributed by atoms with Crippen molar-refractivity contribution in [3.63, 3.8) is 0 Å². The summed E-state index contributed by atoms with van der Waals surface area (Å²) in [5.74, 6) is -0.419. The van der Waals surface area contributed by atoms with Crippen LogP contribution in [0.3, 0.4) is 0 Å². The number of nitrogens with zero attached hydrogens (tertiary/aromatic N) is 1. The quantitative estimate of drug-likeness (QED) is 0.634. The van der Waals surface area contributed by atoms with Gasteiger partial charge in [-0.2, -0.15) is 0 Å². The molecule has 2 N–H and O–H groups in total. The van der Waals surface area contributed by atoms with E-state index in [1.165, 1.54) is 7.11 Å². The molecule has 0 atom stereocenters. The number of rotatable bonds is 5. The molecule has 0 aromatic heterocycles. The monoisotopic (exact) mass is 252 g/mol. The molecule has 0 aliphatic rings. The molecule has 0 aliphatic heterocycles. The minimum Gasteiger partial charge on any atom is -0.465 e. The van der Waals surface area contributed by atoms with Gasteiger partial charge in [-0.05, 0) is 24.6 Å². The molecule has 0 aliphatic carbocycles. The van der Waals surface area contributed by atoms with E-state index >= 15 is 0 Å². The molecule has 1 rings (SSSR count). The first-order valence-corrected chi connectivity index (χ1v) is 5.69. The first kappa shape index (κ1) is 14.3. The molecular formula is C13H20N2O3. The van der Waals surface area contributed by atoms with Crippen LogP contribution in [-0.2, 0) is 9.47 Å². The Kier molecular flexibility index (Phi) is 4.97. The van der Waals surface area contributed by atoms with Gasteiger partial charge in [0.15, 0.2) is 0 Å². The lowest BCUT2D eigenvalue weighted by atomic mass is 10.1. The first-order chi connectivity index (χ1) is 8.51. The molecule has 5 nitrogen and oxygen atoms in total. The molecule has 0 amide bonds. The van der Waals surface area contributed by atoms with Crippen LogP contribution in [0.5, 0.6) is 0 Å². The minimum absolute atomic E-state index is 0.400. The molecule has 5 heteroatoms. The third-order valence-electron chi connectivity index (χ3n) is 2.85. The van der Waals surface area contributed by atoms with Crippen LogP contribution >= 0.6 is 0 Å². The summed E-state index contributed by atoms with van der Waals surface area (Å²) in [5, 5.41) is 0. The normalized spacial score (nSPS) is 10.2. The molecule has 18 heavy (non-hydrogen) atoms. The van der Waals surface area contributed by atoms with Crippen molar-refractivity contribution >= 4 is 17.3 Å². The van der Waals surface area contributed by atoms with Gasteiger partial charge in [-0.25, -0.2) is 4.79 Å². The number of benzene rings is 1. The fourth-order valence-corrected chi connectivity index (χ4v) is 1.64. The van der Waals surface area contributed by atoms with Crippen molar-refractivity contribution in [2.45, 2.75) is 6.92 Å². The number of hydrogen-bond acceptors (Lipinski definition) is 5. The maximum absolute atomic E-state index is 11.6. The average Bonchev–Trinajstić information content (AvgIpc) is 2.37. The summed E-state index contributed by atoms with van der Waals surface area (Å²) in [6, 6.07) is 3.68. The van der Waals surface area contributed by atoms with Crippen molar-refractivity contribution in [2.75, 3.05) is 45.1 Å². The van der Waals surface area contributed by atoms with Crippen molar-refractivity contribution in [3.8, 4) is 0 Å². The fraction of sp³-hybridized carbons (Fsp3) is 0.462. The van der Waals surface area contributed by atoms with Crippen LogP contribution in [0.25, 0.3) is 0 Å². The Hall–Kier alpha value is -1.75. The second kappa shape index (κ2) is 6.26. The van der Waals surface area contributed by atoms with Gasteiger partial charge in [-0.15, -0.1) is 0 Å². The first-order valence-electron chi connectivity index (χ1n) is 5.69. The molecule has 0 unspecified atom stereocenters. The smallest absolute Gasteiger partial charge is 0.340 e. The van der Waals surface area contributed by atoms with Gasteiger partial charge in [0.25, 0.3) is 0 Å². The molecule has 1 aromatic rings. The van der Waals surface area contributed by atoms with Crippen LogP contribution in [0.4, 0.5) is 11.4 Å². The Morgan fingerprint density at radius 2 is 2.06 bits per heavy atom. The van der Waals surface area contributed by atoms with E-state index in [2.05, 4.69) is 0 Å². The largest absolute Gasteiger partial charge is 0.465 e. The number of carbonyl (C=O) groups is 1. The molecule has 0 heterocycles. The highest BCUT2D eigenvalue weighted by atomic mass is 16.5. The van der Waals surface area contributed by atoms with Crippen LogP contribution < -0.4 is 10.6 Å². The number of likely N-dealkylation sites (N-methyl/N-ethyl adjacent to an activating group) is 1. The lowest BCUT2D eigenvalue weighted by molar-refractivity contribution is 0.0602. The zero-order chi connectivity index (χ0) is 13.7. The Bertz CT molecular complexity index is 432. The van der Waals surface area contributed by atoms with Crippen LogP contribution in [0, 0.1) is 6.92 Å². The van der Waals surface area contributed by atoms with E-state index in [4.69, 9.17) is 15.2 Å². The summed E-state index contributed by atoms with van der Waals surface area (Å²) in [6.45, 7) is 3.23. The molecule has 0 spiro atoms. The zero-order valence-electron chi connectivity index (χ0n) is 11.3. The van der Waals surface area contributed by atoms with Gasteiger partial charge in [-0.1, -0.05) is 0 Å². The standard InChI is InChI=1S/C13H20N2O3/c1-9-7-10(15(2)5-6-17-3)8-11(12(9)14)13(16)18-4/h7-8H,5-6,14H2,1-4H3. The number of aryl methyl sites for hydroxylation is 1. The SMILES string of the molecule is COCCN(C)c1cc(C)c(N)c(C(=O)OC)c1. The maximum Gasteiger partial charge on any atom is 0.340 e. The number of esters is 1. The number of hydrogen-bond donors (Lipinski definition) is 1. The highest BCUT2D eigenvalue weighted by Gasteiger charge is 2.14. The van der Waals surface area contributed by atoms with E-state index in [1.807, 2.05) is 24.9 Å². The van der Waals surface area contributed by atoms with E-state index < -0.39 is 5.97 Å².